The van der Waals surface area contributed by atoms with Crippen LogP contribution in [0.25, 0.3) is 33.7 Å². The van der Waals surface area contributed by atoms with E-state index in [0.717, 1.165) is 16.0 Å². The lowest BCUT2D eigenvalue weighted by molar-refractivity contribution is 0.0696. The fourth-order valence-electron chi connectivity index (χ4n) is 4.46. The van der Waals surface area contributed by atoms with E-state index < -0.39 is 17.8 Å². The number of benzene rings is 4. The summed E-state index contributed by atoms with van der Waals surface area (Å²) in [6.45, 7) is 0. The summed E-state index contributed by atoms with van der Waals surface area (Å²) in [4.78, 5) is 43.4. The maximum atomic E-state index is 13.2. The van der Waals surface area contributed by atoms with Crippen molar-refractivity contribution >= 4 is 46.2 Å². The number of oxazole rings is 1. The second kappa shape index (κ2) is 8.86. The second-order valence-electron chi connectivity index (χ2n) is 8.61. The Labute approximate surface area is 220 Å². The summed E-state index contributed by atoms with van der Waals surface area (Å²) in [7, 11) is 1.43. The first kappa shape index (κ1) is 23.4. The number of carboxylic acids is 1. The van der Waals surface area contributed by atoms with Crippen molar-refractivity contribution in [1.29, 1.82) is 0 Å². The Balaban J connectivity index is 1.40. The minimum atomic E-state index is -1.19. The van der Waals surface area contributed by atoms with Crippen LogP contribution in [0.2, 0.25) is 5.02 Å². The van der Waals surface area contributed by atoms with E-state index in [1.54, 1.807) is 18.2 Å². The number of ether oxygens (including phenoxy) is 1. The van der Waals surface area contributed by atoms with Gasteiger partial charge in [-0.25, -0.2) is 14.7 Å². The molecular weight excluding hydrogens is 508 g/mol. The molecule has 2 heterocycles. The molecule has 6 rings (SSSR count). The number of imide groups is 1. The van der Waals surface area contributed by atoms with E-state index in [1.165, 1.54) is 25.3 Å². The number of halogens is 1. The molecule has 9 heteroatoms. The highest BCUT2D eigenvalue weighted by atomic mass is 35.5. The van der Waals surface area contributed by atoms with E-state index >= 15 is 0 Å². The number of carboxylic acid groups (broad SMARTS) is 1. The van der Waals surface area contributed by atoms with Gasteiger partial charge in [0.2, 0.25) is 5.89 Å². The predicted molar refractivity (Wildman–Crippen MR) is 141 cm³/mol. The number of amides is 2. The number of carbonyl (C=O) groups excluding carboxylic acids is 2. The Bertz CT molecular complexity index is 1790. The number of hydrogen-bond donors (Lipinski definition) is 1. The number of carbonyl (C=O) groups is 3. The first-order chi connectivity index (χ1) is 18.3. The fraction of sp³-hybridized carbons (Fsp3) is 0.0345. The lowest BCUT2D eigenvalue weighted by Gasteiger charge is -2.18. The molecule has 0 radical (unpaired) electrons. The normalized spacial score (nSPS) is 12.7. The van der Waals surface area contributed by atoms with E-state index in [2.05, 4.69) is 4.98 Å². The van der Waals surface area contributed by atoms with Crippen LogP contribution in [0.4, 0.5) is 5.69 Å². The van der Waals surface area contributed by atoms with Gasteiger partial charge in [-0.3, -0.25) is 9.59 Å². The zero-order valence-corrected chi connectivity index (χ0v) is 20.5. The molecule has 1 aliphatic rings. The molecule has 0 atom stereocenters. The van der Waals surface area contributed by atoms with Crippen molar-refractivity contribution < 1.29 is 28.6 Å². The molecule has 1 aliphatic heterocycles. The molecule has 186 valence electrons. The van der Waals surface area contributed by atoms with Crippen LogP contribution in [0.15, 0.2) is 83.3 Å². The molecule has 1 aromatic heterocycles. The monoisotopic (exact) mass is 524 g/mol. The number of anilines is 1. The molecular formula is C29H17ClN2O6. The molecule has 0 fully saturated rings. The third-order valence-corrected chi connectivity index (χ3v) is 6.62. The van der Waals surface area contributed by atoms with Gasteiger partial charge < -0.3 is 14.3 Å². The minimum absolute atomic E-state index is 0.0129. The summed E-state index contributed by atoms with van der Waals surface area (Å²) in [5.74, 6) is -1.85. The standard InChI is InChI=1S/C29H17ClN2O6/c1-37-25-11-6-17(14-23(25)32-27(33)20-9-4-18(29(35)36)12-21(20)28(32)34)26-31-22-13-16(5-10-24(22)38-26)15-2-7-19(30)8-3-15/h2-14H,1H3,(H,35,36). The van der Waals surface area contributed by atoms with Gasteiger partial charge in [-0.15, -0.1) is 0 Å². The molecule has 8 nitrogen and oxygen atoms in total. The Morgan fingerprint density at radius 2 is 1.58 bits per heavy atom. The molecule has 38 heavy (non-hydrogen) atoms. The van der Waals surface area contributed by atoms with Crippen molar-refractivity contribution in [3.05, 3.63) is 101 Å². The summed E-state index contributed by atoms with van der Waals surface area (Å²) in [6.07, 6.45) is 0. The molecule has 0 spiro atoms. The lowest BCUT2D eigenvalue weighted by atomic mass is 10.1. The minimum Gasteiger partial charge on any atom is -0.495 e. The predicted octanol–water partition coefficient (Wildman–Crippen LogP) is 6.32. The maximum absolute atomic E-state index is 13.2. The summed E-state index contributed by atoms with van der Waals surface area (Å²) in [5.41, 5.74) is 3.87. The van der Waals surface area contributed by atoms with Gasteiger partial charge in [-0.05, 0) is 71.8 Å². The molecule has 0 unspecified atom stereocenters. The van der Waals surface area contributed by atoms with Crippen molar-refractivity contribution in [2.45, 2.75) is 0 Å². The highest BCUT2D eigenvalue weighted by Gasteiger charge is 2.39. The van der Waals surface area contributed by atoms with Gasteiger partial charge in [0, 0.05) is 10.6 Å². The Morgan fingerprint density at radius 3 is 2.32 bits per heavy atom. The zero-order chi connectivity index (χ0) is 26.6. The van der Waals surface area contributed by atoms with Crippen LogP contribution < -0.4 is 9.64 Å². The zero-order valence-electron chi connectivity index (χ0n) is 19.8. The summed E-state index contributed by atoms with van der Waals surface area (Å²) in [5, 5.41) is 9.94. The number of fused-ring (bicyclic) bond motifs is 2. The molecule has 4 aromatic carbocycles. The van der Waals surface area contributed by atoms with Crippen molar-refractivity contribution in [2.24, 2.45) is 0 Å². The van der Waals surface area contributed by atoms with Crippen LogP contribution in [-0.2, 0) is 0 Å². The van der Waals surface area contributed by atoms with Crippen LogP contribution >= 0.6 is 11.6 Å². The fourth-order valence-corrected chi connectivity index (χ4v) is 4.59. The van der Waals surface area contributed by atoms with Crippen LogP contribution in [0.5, 0.6) is 5.75 Å². The van der Waals surface area contributed by atoms with Gasteiger partial charge in [0.25, 0.3) is 11.8 Å². The van der Waals surface area contributed by atoms with E-state index in [4.69, 9.17) is 20.8 Å². The topological polar surface area (TPSA) is 110 Å². The third-order valence-electron chi connectivity index (χ3n) is 6.37. The van der Waals surface area contributed by atoms with Crippen molar-refractivity contribution in [2.75, 3.05) is 12.0 Å². The lowest BCUT2D eigenvalue weighted by Crippen LogP contribution is -2.29. The van der Waals surface area contributed by atoms with Crippen LogP contribution in [-0.4, -0.2) is 35.0 Å². The van der Waals surface area contributed by atoms with Gasteiger partial charge in [0.1, 0.15) is 11.3 Å². The Hall–Kier alpha value is -4.95. The highest BCUT2D eigenvalue weighted by molar-refractivity contribution is 6.35. The average Bonchev–Trinajstić information content (AvgIpc) is 3.46. The Morgan fingerprint density at radius 1 is 0.868 bits per heavy atom. The maximum Gasteiger partial charge on any atom is 0.335 e. The molecule has 5 aromatic rings. The van der Waals surface area contributed by atoms with Crippen molar-refractivity contribution in [3.8, 4) is 28.3 Å². The largest absolute Gasteiger partial charge is 0.495 e. The third kappa shape index (κ3) is 3.79. The highest BCUT2D eigenvalue weighted by Crippen LogP contribution is 2.39. The van der Waals surface area contributed by atoms with Gasteiger partial charge in [0.05, 0.1) is 29.5 Å². The van der Waals surface area contributed by atoms with Gasteiger partial charge in [-0.2, -0.15) is 0 Å². The number of hydrogen-bond acceptors (Lipinski definition) is 6. The summed E-state index contributed by atoms with van der Waals surface area (Å²) >= 11 is 6.01. The number of aromatic carboxylic acids is 1. The second-order valence-corrected chi connectivity index (χ2v) is 9.04. The summed E-state index contributed by atoms with van der Waals surface area (Å²) < 4.78 is 11.4. The molecule has 0 saturated carbocycles. The summed E-state index contributed by atoms with van der Waals surface area (Å²) in [6, 6.07) is 21.9. The van der Waals surface area contributed by atoms with E-state index in [-0.39, 0.29) is 28.1 Å². The molecule has 0 aliphatic carbocycles. The van der Waals surface area contributed by atoms with Crippen molar-refractivity contribution in [3.63, 3.8) is 0 Å². The Kier molecular flexibility index (Phi) is 5.47. The van der Waals surface area contributed by atoms with E-state index in [0.29, 0.717) is 27.6 Å². The van der Waals surface area contributed by atoms with E-state index in [1.807, 2.05) is 42.5 Å². The van der Waals surface area contributed by atoms with Gasteiger partial charge >= 0.3 is 5.97 Å². The molecule has 0 bridgehead atoms. The first-order valence-electron chi connectivity index (χ1n) is 11.4. The van der Waals surface area contributed by atoms with Crippen LogP contribution in [0, 0.1) is 0 Å². The van der Waals surface area contributed by atoms with Gasteiger partial charge in [-0.1, -0.05) is 29.8 Å². The van der Waals surface area contributed by atoms with Crippen LogP contribution in [0.3, 0.4) is 0 Å². The smallest absolute Gasteiger partial charge is 0.335 e. The molecule has 0 saturated heterocycles. The molecule has 1 N–H and O–H groups in total. The number of nitrogens with zero attached hydrogens (tertiary/aromatic N) is 2. The number of aromatic nitrogens is 1. The SMILES string of the molecule is COc1ccc(-c2nc3cc(-c4ccc(Cl)cc4)ccc3o2)cc1N1C(=O)c2ccc(C(=O)O)cc2C1=O. The average molecular weight is 525 g/mol. The quantitative estimate of drug-likeness (QED) is 0.268. The van der Waals surface area contributed by atoms with Crippen molar-refractivity contribution in [1.82, 2.24) is 4.98 Å². The first-order valence-corrected chi connectivity index (χ1v) is 11.8. The number of rotatable bonds is 5. The van der Waals surface area contributed by atoms with E-state index in [9.17, 15) is 19.5 Å². The van der Waals surface area contributed by atoms with Gasteiger partial charge in [0.15, 0.2) is 5.58 Å². The van der Waals surface area contributed by atoms with Crippen LogP contribution in [0.1, 0.15) is 31.1 Å². The number of methoxy groups -OCH3 is 1. The molecule has 2 amide bonds.